The highest BCUT2D eigenvalue weighted by atomic mass is 35.5. The molecule has 2 atom stereocenters. The SMILES string of the molecule is CC1CCN(c2cnn(-c3ccc(Cl)cc3)c(=O)c2Cl)CC1O. The van der Waals surface area contributed by atoms with Gasteiger partial charge in [0.25, 0.3) is 5.56 Å². The van der Waals surface area contributed by atoms with Crippen molar-refractivity contribution in [2.45, 2.75) is 19.4 Å². The van der Waals surface area contributed by atoms with E-state index in [1.54, 1.807) is 30.5 Å². The standard InChI is InChI=1S/C16H17Cl2N3O2/c1-10-6-7-20(9-14(10)22)13-8-19-21(16(23)15(13)18)12-4-2-11(17)3-5-12/h2-5,8,10,14,22H,6-7,9H2,1H3. The fraction of sp³-hybridized carbons (Fsp3) is 0.375. The second-order valence-electron chi connectivity index (χ2n) is 5.82. The number of anilines is 1. The van der Waals surface area contributed by atoms with Crippen molar-refractivity contribution in [2.75, 3.05) is 18.0 Å². The van der Waals surface area contributed by atoms with Crippen LogP contribution in [0.5, 0.6) is 0 Å². The van der Waals surface area contributed by atoms with E-state index in [9.17, 15) is 9.90 Å². The van der Waals surface area contributed by atoms with Gasteiger partial charge in [-0.2, -0.15) is 9.78 Å². The summed E-state index contributed by atoms with van der Waals surface area (Å²) in [5, 5.41) is 14.9. The first-order valence-corrected chi connectivity index (χ1v) is 8.19. The molecule has 1 aromatic carbocycles. The van der Waals surface area contributed by atoms with Crippen LogP contribution in [0.15, 0.2) is 35.3 Å². The molecular weight excluding hydrogens is 337 g/mol. The zero-order chi connectivity index (χ0) is 16.6. The Kier molecular flexibility index (Phi) is 4.62. The molecule has 2 aromatic rings. The Morgan fingerprint density at radius 1 is 1.26 bits per heavy atom. The van der Waals surface area contributed by atoms with E-state index < -0.39 is 6.10 Å². The molecule has 0 amide bonds. The molecule has 0 radical (unpaired) electrons. The van der Waals surface area contributed by atoms with Gasteiger partial charge in [-0.25, -0.2) is 0 Å². The number of nitrogens with zero attached hydrogens (tertiary/aromatic N) is 3. The van der Waals surface area contributed by atoms with Crippen molar-refractivity contribution < 1.29 is 5.11 Å². The molecule has 1 N–H and O–H groups in total. The molecule has 7 heteroatoms. The molecule has 1 aliphatic rings. The van der Waals surface area contributed by atoms with E-state index in [1.165, 1.54) is 4.68 Å². The zero-order valence-corrected chi connectivity index (χ0v) is 14.1. The van der Waals surface area contributed by atoms with Crippen molar-refractivity contribution in [1.29, 1.82) is 0 Å². The average molecular weight is 354 g/mol. The fourth-order valence-electron chi connectivity index (χ4n) is 2.68. The van der Waals surface area contributed by atoms with Gasteiger partial charge >= 0.3 is 0 Å². The molecule has 3 rings (SSSR count). The number of β-amino-alcohol motifs (C(OH)–C–C–N with tert-alkyl or cyclic N) is 1. The predicted octanol–water partition coefficient (Wildman–Crippen LogP) is 2.75. The number of hydrogen-bond acceptors (Lipinski definition) is 4. The molecule has 1 saturated heterocycles. The number of aliphatic hydroxyl groups excluding tert-OH is 1. The molecule has 122 valence electrons. The van der Waals surface area contributed by atoms with Gasteiger partial charge in [0.2, 0.25) is 0 Å². The van der Waals surface area contributed by atoms with Crippen molar-refractivity contribution >= 4 is 28.9 Å². The lowest BCUT2D eigenvalue weighted by atomic mass is 9.96. The Balaban J connectivity index is 1.95. The van der Waals surface area contributed by atoms with Crippen LogP contribution in [0.4, 0.5) is 5.69 Å². The van der Waals surface area contributed by atoms with Crippen LogP contribution in [0, 0.1) is 5.92 Å². The van der Waals surface area contributed by atoms with E-state index in [1.807, 2.05) is 11.8 Å². The molecule has 0 bridgehead atoms. The maximum atomic E-state index is 12.5. The maximum Gasteiger partial charge on any atom is 0.292 e. The number of piperidine rings is 1. The summed E-state index contributed by atoms with van der Waals surface area (Å²) in [7, 11) is 0. The maximum absolute atomic E-state index is 12.5. The minimum atomic E-state index is -0.432. The molecule has 2 unspecified atom stereocenters. The highest BCUT2D eigenvalue weighted by molar-refractivity contribution is 6.33. The van der Waals surface area contributed by atoms with Crippen LogP contribution in [0.25, 0.3) is 5.69 Å². The van der Waals surface area contributed by atoms with Crippen molar-refractivity contribution in [3.63, 3.8) is 0 Å². The lowest BCUT2D eigenvalue weighted by molar-refractivity contribution is 0.103. The fourth-order valence-corrected chi connectivity index (χ4v) is 3.05. The van der Waals surface area contributed by atoms with Crippen LogP contribution in [-0.2, 0) is 0 Å². The van der Waals surface area contributed by atoms with Crippen LogP contribution in [0.3, 0.4) is 0 Å². The molecule has 23 heavy (non-hydrogen) atoms. The van der Waals surface area contributed by atoms with Gasteiger partial charge in [-0.05, 0) is 36.6 Å². The normalized spacial score (nSPS) is 21.5. The number of halogens is 2. The Morgan fingerprint density at radius 3 is 2.61 bits per heavy atom. The summed E-state index contributed by atoms with van der Waals surface area (Å²) < 4.78 is 1.24. The van der Waals surface area contributed by atoms with Gasteiger partial charge in [0.1, 0.15) is 5.02 Å². The second-order valence-corrected chi connectivity index (χ2v) is 6.63. The number of benzene rings is 1. The monoisotopic (exact) mass is 353 g/mol. The summed E-state index contributed by atoms with van der Waals surface area (Å²) in [5.74, 6) is 0.243. The zero-order valence-electron chi connectivity index (χ0n) is 12.6. The topological polar surface area (TPSA) is 58.4 Å². The smallest absolute Gasteiger partial charge is 0.292 e. The molecule has 0 saturated carbocycles. The van der Waals surface area contributed by atoms with E-state index in [0.717, 1.165) is 13.0 Å². The summed E-state index contributed by atoms with van der Waals surface area (Å²) in [6, 6.07) is 6.79. The molecule has 1 aromatic heterocycles. The molecular formula is C16H17Cl2N3O2. The van der Waals surface area contributed by atoms with Crippen LogP contribution in [-0.4, -0.2) is 34.1 Å². The Hall–Kier alpha value is -1.56. The van der Waals surface area contributed by atoms with Crippen molar-refractivity contribution in [2.24, 2.45) is 5.92 Å². The van der Waals surface area contributed by atoms with E-state index in [-0.39, 0.29) is 16.5 Å². The van der Waals surface area contributed by atoms with E-state index in [2.05, 4.69) is 5.10 Å². The molecule has 1 fully saturated rings. The third-order valence-corrected chi connectivity index (χ3v) is 4.84. The summed E-state index contributed by atoms with van der Waals surface area (Å²) in [6.45, 7) is 3.21. The molecule has 0 aliphatic carbocycles. The number of aliphatic hydroxyl groups is 1. The first kappa shape index (κ1) is 16.3. The van der Waals surface area contributed by atoms with Gasteiger partial charge in [0.05, 0.1) is 23.7 Å². The average Bonchev–Trinajstić information content (AvgIpc) is 2.54. The number of aromatic nitrogens is 2. The minimum Gasteiger partial charge on any atom is -0.391 e. The summed E-state index contributed by atoms with van der Waals surface area (Å²) in [5.41, 5.74) is 0.771. The van der Waals surface area contributed by atoms with Gasteiger partial charge in [-0.15, -0.1) is 0 Å². The van der Waals surface area contributed by atoms with Crippen LogP contribution in [0.2, 0.25) is 10.0 Å². The summed E-state index contributed by atoms with van der Waals surface area (Å²) >= 11 is 12.1. The Bertz CT molecular complexity index is 761. The van der Waals surface area contributed by atoms with Crippen molar-refractivity contribution in [3.8, 4) is 5.69 Å². The van der Waals surface area contributed by atoms with E-state index in [0.29, 0.717) is 22.9 Å². The van der Waals surface area contributed by atoms with Gasteiger partial charge in [0.15, 0.2) is 0 Å². The van der Waals surface area contributed by atoms with Gasteiger partial charge in [0, 0.05) is 18.1 Å². The third kappa shape index (κ3) is 3.22. The van der Waals surface area contributed by atoms with Crippen LogP contribution < -0.4 is 10.5 Å². The largest absolute Gasteiger partial charge is 0.391 e. The Labute approximate surface area is 144 Å². The van der Waals surface area contributed by atoms with Gasteiger partial charge < -0.3 is 10.0 Å². The minimum absolute atomic E-state index is 0.108. The van der Waals surface area contributed by atoms with Crippen LogP contribution >= 0.6 is 23.2 Å². The molecule has 5 nitrogen and oxygen atoms in total. The summed E-state index contributed by atoms with van der Waals surface area (Å²) in [4.78, 5) is 14.4. The first-order chi connectivity index (χ1) is 11.0. The van der Waals surface area contributed by atoms with E-state index in [4.69, 9.17) is 23.2 Å². The predicted molar refractivity (Wildman–Crippen MR) is 91.9 cm³/mol. The number of rotatable bonds is 2. The second kappa shape index (κ2) is 6.51. The highest BCUT2D eigenvalue weighted by Crippen LogP contribution is 2.27. The molecule has 1 aliphatic heterocycles. The quantitative estimate of drug-likeness (QED) is 0.901. The van der Waals surface area contributed by atoms with Gasteiger partial charge in [-0.3, -0.25) is 4.79 Å². The van der Waals surface area contributed by atoms with Gasteiger partial charge in [-0.1, -0.05) is 30.1 Å². The summed E-state index contributed by atoms with van der Waals surface area (Å²) in [6.07, 6.45) is 1.98. The van der Waals surface area contributed by atoms with E-state index >= 15 is 0 Å². The number of hydrogen-bond donors (Lipinski definition) is 1. The Morgan fingerprint density at radius 2 is 1.96 bits per heavy atom. The highest BCUT2D eigenvalue weighted by Gasteiger charge is 2.26. The first-order valence-electron chi connectivity index (χ1n) is 7.44. The lowest BCUT2D eigenvalue weighted by Crippen LogP contribution is -2.43. The molecule has 0 spiro atoms. The lowest BCUT2D eigenvalue weighted by Gasteiger charge is -2.35. The van der Waals surface area contributed by atoms with Crippen molar-refractivity contribution in [3.05, 3.63) is 50.9 Å². The van der Waals surface area contributed by atoms with Crippen molar-refractivity contribution in [1.82, 2.24) is 9.78 Å². The third-order valence-electron chi connectivity index (χ3n) is 4.23. The van der Waals surface area contributed by atoms with Crippen LogP contribution in [0.1, 0.15) is 13.3 Å². The molecule has 2 heterocycles.